The summed E-state index contributed by atoms with van der Waals surface area (Å²) in [6.07, 6.45) is 3.60. The first-order valence-corrected chi connectivity index (χ1v) is 13.6. The Morgan fingerprint density at radius 3 is 2.62 bits per heavy atom. The molecule has 206 valence electrons. The van der Waals surface area contributed by atoms with Crippen LogP contribution in [0.5, 0.6) is 0 Å². The number of hydrogen-bond acceptors (Lipinski definition) is 7. The van der Waals surface area contributed by atoms with E-state index in [4.69, 9.17) is 11.6 Å². The Bertz CT molecular complexity index is 1610. The SMILES string of the molecule is C/C=C/N=C(/C(F)=C/n1c(C)cc(C2CC2c2ccn(C(O)(O)O)n2)c(Cl)c1=O)c1cccc(S(C)=O)c1F. The summed E-state index contributed by atoms with van der Waals surface area (Å²) < 4.78 is 44.2. The average molecular weight is 579 g/mol. The molecular formula is C26H25ClF2N4O5S. The monoisotopic (exact) mass is 578 g/mol. The van der Waals surface area contributed by atoms with E-state index in [0.717, 1.165) is 10.8 Å². The lowest BCUT2D eigenvalue weighted by molar-refractivity contribution is -0.381. The molecule has 1 saturated carbocycles. The van der Waals surface area contributed by atoms with Crippen molar-refractivity contribution in [2.75, 3.05) is 6.26 Å². The zero-order chi connectivity index (χ0) is 28.6. The van der Waals surface area contributed by atoms with E-state index in [0.29, 0.717) is 28.1 Å². The van der Waals surface area contributed by atoms with Gasteiger partial charge in [0.15, 0.2) is 5.83 Å². The van der Waals surface area contributed by atoms with E-state index in [-0.39, 0.29) is 27.3 Å². The largest absolute Gasteiger partial charge is 0.389 e. The Hall–Kier alpha value is -3.29. The van der Waals surface area contributed by atoms with Crippen molar-refractivity contribution < 1.29 is 28.3 Å². The van der Waals surface area contributed by atoms with Gasteiger partial charge in [0.1, 0.15) is 16.6 Å². The molecule has 1 aliphatic carbocycles. The number of allylic oxidation sites excluding steroid dienone is 2. The smallest absolute Gasteiger partial charge is 0.324 e. The summed E-state index contributed by atoms with van der Waals surface area (Å²) in [5.41, 5.74) is 0.00905. The Morgan fingerprint density at radius 2 is 2.00 bits per heavy atom. The van der Waals surface area contributed by atoms with Crippen molar-refractivity contribution >= 4 is 34.3 Å². The van der Waals surface area contributed by atoms with Gasteiger partial charge < -0.3 is 15.3 Å². The van der Waals surface area contributed by atoms with Crippen LogP contribution in [0, 0.1) is 12.7 Å². The van der Waals surface area contributed by atoms with Gasteiger partial charge in [0.05, 0.1) is 27.6 Å². The van der Waals surface area contributed by atoms with Crippen LogP contribution in [-0.4, -0.2) is 45.8 Å². The molecule has 1 fully saturated rings. The molecule has 3 aromatic rings. The van der Waals surface area contributed by atoms with Crippen molar-refractivity contribution in [2.24, 2.45) is 4.99 Å². The van der Waals surface area contributed by atoms with Crippen molar-refractivity contribution in [3.05, 3.63) is 98.3 Å². The molecule has 13 heteroatoms. The second kappa shape index (κ2) is 11.1. The molecule has 0 amide bonds. The first-order valence-electron chi connectivity index (χ1n) is 11.7. The summed E-state index contributed by atoms with van der Waals surface area (Å²) in [7, 11) is -1.66. The molecule has 9 nitrogen and oxygen atoms in total. The van der Waals surface area contributed by atoms with Gasteiger partial charge in [-0.25, -0.2) is 8.78 Å². The van der Waals surface area contributed by atoms with E-state index in [1.165, 1.54) is 49.0 Å². The predicted molar refractivity (Wildman–Crippen MR) is 143 cm³/mol. The van der Waals surface area contributed by atoms with Crippen LogP contribution in [0.15, 0.2) is 69.3 Å². The highest BCUT2D eigenvalue weighted by atomic mass is 35.5. The molecule has 0 saturated heterocycles. The summed E-state index contributed by atoms with van der Waals surface area (Å²) >= 11 is 6.41. The fraction of sp³-hybridized carbons (Fsp3) is 0.269. The molecule has 2 aromatic heterocycles. The second-order valence-corrected chi connectivity index (χ2v) is 10.7. The standard InChI is InChI=1S/C26H25ClF2N4O5S/c1-4-9-30-24(15-6-5-7-21(23(15)29)39(3)38)19(28)13-32-14(2)11-18(22(27)25(32)34)16-12-17(16)20-8-10-33(31-20)26(35,36)37/h4-11,13,16-17,35-37H,12H2,1-3H3/b9-4+,19-13-,30-24+. The van der Waals surface area contributed by atoms with Crippen molar-refractivity contribution in [3.63, 3.8) is 0 Å². The average Bonchev–Trinajstić information content (AvgIpc) is 3.49. The fourth-order valence-corrected chi connectivity index (χ4v) is 5.16. The third-order valence-electron chi connectivity index (χ3n) is 6.24. The van der Waals surface area contributed by atoms with Crippen LogP contribution in [0.3, 0.4) is 0 Å². The van der Waals surface area contributed by atoms with Crippen LogP contribution in [0.4, 0.5) is 8.78 Å². The Labute approximate surface area is 229 Å². The Balaban J connectivity index is 1.70. The summed E-state index contributed by atoms with van der Waals surface area (Å²) in [4.78, 5) is 17.1. The summed E-state index contributed by atoms with van der Waals surface area (Å²) in [5.74, 6) is -2.30. The fourth-order valence-electron chi connectivity index (χ4n) is 4.25. The number of benzene rings is 1. The maximum atomic E-state index is 15.6. The lowest BCUT2D eigenvalue weighted by atomic mass is 10.1. The molecule has 0 spiro atoms. The van der Waals surface area contributed by atoms with Gasteiger partial charge in [-0.2, -0.15) is 9.78 Å². The summed E-state index contributed by atoms with van der Waals surface area (Å²) in [5, 5.41) is 31.7. The van der Waals surface area contributed by atoms with Gasteiger partial charge in [-0.3, -0.25) is 18.6 Å². The highest BCUT2D eigenvalue weighted by molar-refractivity contribution is 7.84. The molecule has 2 heterocycles. The molecule has 3 unspecified atom stereocenters. The zero-order valence-electron chi connectivity index (χ0n) is 21.0. The van der Waals surface area contributed by atoms with Crippen LogP contribution >= 0.6 is 11.6 Å². The highest BCUT2D eigenvalue weighted by Gasteiger charge is 2.43. The van der Waals surface area contributed by atoms with E-state index < -0.39 is 39.8 Å². The van der Waals surface area contributed by atoms with Gasteiger partial charge in [0, 0.05) is 35.8 Å². The van der Waals surface area contributed by atoms with Gasteiger partial charge >= 0.3 is 6.10 Å². The van der Waals surface area contributed by atoms with E-state index in [1.807, 2.05) is 0 Å². The molecule has 1 aliphatic rings. The number of halogens is 3. The van der Waals surface area contributed by atoms with E-state index in [9.17, 15) is 24.3 Å². The van der Waals surface area contributed by atoms with E-state index in [2.05, 4.69) is 10.1 Å². The summed E-state index contributed by atoms with van der Waals surface area (Å²) in [6, 6.07) is 7.22. The predicted octanol–water partition coefficient (Wildman–Crippen LogP) is 3.49. The van der Waals surface area contributed by atoms with Crippen molar-refractivity contribution in [1.82, 2.24) is 14.3 Å². The quantitative estimate of drug-likeness (QED) is 0.277. The van der Waals surface area contributed by atoms with Crippen molar-refractivity contribution in [1.29, 1.82) is 0 Å². The lowest BCUT2D eigenvalue weighted by Crippen LogP contribution is -2.32. The number of aromatic nitrogens is 3. The number of aliphatic imine (C=N–C) groups is 1. The molecular weight excluding hydrogens is 554 g/mol. The maximum Gasteiger partial charge on any atom is 0.389 e. The summed E-state index contributed by atoms with van der Waals surface area (Å²) in [6.45, 7) is 3.23. The van der Waals surface area contributed by atoms with E-state index >= 15 is 8.78 Å². The minimum Gasteiger partial charge on any atom is -0.324 e. The molecule has 1 aromatic carbocycles. The van der Waals surface area contributed by atoms with Gasteiger partial charge in [0.2, 0.25) is 0 Å². The Morgan fingerprint density at radius 1 is 1.28 bits per heavy atom. The number of rotatable bonds is 8. The first kappa shape index (κ1) is 28.7. The molecule has 39 heavy (non-hydrogen) atoms. The minimum atomic E-state index is -3.14. The van der Waals surface area contributed by atoms with Crippen LogP contribution in [0.1, 0.15) is 47.7 Å². The number of nitrogens with zero attached hydrogens (tertiary/aromatic N) is 4. The van der Waals surface area contributed by atoms with E-state index in [1.54, 1.807) is 19.9 Å². The van der Waals surface area contributed by atoms with Crippen LogP contribution in [-0.2, 0) is 16.9 Å². The van der Waals surface area contributed by atoms with Gasteiger partial charge in [-0.15, -0.1) is 0 Å². The van der Waals surface area contributed by atoms with Gasteiger partial charge in [0.25, 0.3) is 5.56 Å². The maximum absolute atomic E-state index is 15.6. The van der Waals surface area contributed by atoms with Gasteiger partial charge in [-0.1, -0.05) is 23.7 Å². The zero-order valence-corrected chi connectivity index (χ0v) is 22.6. The number of aryl methyl sites for hydroxylation is 1. The molecule has 0 bridgehead atoms. The molecule has 3 N–H and O–H groups in total. The number of hydrogen-bond donors (Lipinski definition) is 3. The third-order valence-corrected chi connectivity index (χ3v) is 7.56. The number of pyridine rings is 1. The lowest BCUT2D eigenvalue weighted by Gasteiger charge is -2.13. The molecule has 0 aliphatic heterocycles. The Kier molecular flexibility index (Phi) is 8.14. The second-order valence-electron chi connectivity index (χ2n) is 8.97. The first-order chi connectivity index (χ1) is 18.3. The van der Waals surface area contributed by atoms with Crippen molar-refractivity contribution in [2.45, 2.75) is 43.1 Å². The topological polar surface area (TPSA) is 130 Å². The third kappa shape index (κ3) is 5.85. The highest BCUT2D eigenvalue weighted by Crippen LogP contribution is 2.55. The number of aliphatic hydroxyl groups is 3. The van der Waals surface area contributed by atoms with Crippen LogP contribution in [0.2, 0.25) is 5.02 Å². The van der Waals surface area contributed by atoms with Crippen LogP contribution < -0.4 is 5.56 Å². The molecule has 4 rings (SSSR count). The van der Waals surface area contributed by atoms with Crippen LogP contribution in [0.25, 0.3) is 6.20 Å². The van der Waals surface area contributed by atoms with Crippen molar-refractivity contribution in [3.8, 4) is 0 Å². The van der Waals surface area contributed by atoms with Gasteiger partial charge in [-0.05, 0) is 56.0 Å². The molecule has 0 radical (unpaired) electrons. The molecule has 3 atom stereocenters. The minimum absolute atomic E-state index is 0.110. The normalized spacial score (nSPS) is 19.1.